The first-order chi connectivity index (χ1) is 9.16. The number of rotatable bonds is 2. The second-order valence-electron chi connectivity index (χ2n) is 6.25. The van der Waals surface area contributed by atoms with E-state index in [0.29, 0.717) is 12.0 Å². The van der Waals surface area contributed by atoms with Crippen LogP contribution in [0.1, 0.15) is 63.1 Å². The standard InChI is InChI=1S/C15H25N3O/c1-11(2)17-8-5-12(6-9-17)15-16-10-13-14(19)4-3-7-18(13)15/h10-12,14,19H,3-9H2,1-2H3. The maximum absolute atomic E-state index is 10.0. The van der Waals surface area contributed by atoms with E-state index < -0.39 is 0 Å². The van der Waals surface area contributed by atoms with Crippen molar-refractivity contribution in [1.82, 2.24) is 14.5 Å². The first-order valence-corrected chi connectivity index (χ1v) is 7.64. The minimum atomic E-state index is -0.300. The number of hydrogen-bond donors (Lipinski definition) is 1. The van der Waals surface area contributed by atoms with Crippen molar-refractivity contribution in [2.75, 3.05) is 13.1 Å². The number of imidazole rings is 1. The molecule has 0 bridgehead atoms. The van der Waals surface area contributed by atoms with Crippen molar-refractivity contribution in [2.24, 2.45) is 0 Å². The number of fused-ring (bicyclic) bond motifs is 1. The van der Waals surface area contributed by atoms with Crippen LogP contribution in [0.15, 0.2) is 6.20 Å². The summed E-state index contributed by atoms with van der Waals surface area (Å²) < 4.78 is 2.28. The summed E-state index contributed by atoms with van der Waals surface area (Å²) in [6.07, 6.45) is 5.95. The van der Waals surface area contributed by atoms with E-state index >= 15 is 0 Å². The zero-order chi connectivity index (χ0) is 13.4. The second kappa shape index (κ2) is 5.25. The summed E-state index contributed by atoms with van der Waals surface area (Å²) in [5.74, 6) is 1.80. The van der Waals surface area contributed by atoms with Gasteiger partial charge in [0, 0.05) is 18.5 Å². The number of aromatic nitrogens is 2. The Kier molecular flexibility index (Phi) is 3.63. The van der Waals surface area contributed by atoms with E-state index in [0.717, 1.165) is 25.1 Å². The van der Waals surface area contributed by atoms with E-state index in [1.54, 1.807) is 0 Å². The van der Waals surface area contributed by atoms with E-state index in [2.05, 4.69) is 28.3 Å². The highest BCUT2D eigenvalue weighted by atomic mass is 16.3. The molecule has 3 rings (SSSR count). The Labute approximate surface area is 115 Å². The number of piperidine rings is 1. The second-order valence-corrected chi connectivity index (χ2v) is 6.25. The van der Waals surface area contributed by atoms with Crippen LogP contribution < -0.4 is 0 Å². The van der Waals surface area contributed by atoms with E-state index in [1.165, 1.54) is 31.8 Å². The highest BCUT2D eigenvalue weighted by molar-refractivity contribution is 5.14. The fourth-order valence-electron chi connectivity index (χ4n) is 3.50. The molecular formula is C15H25N3O. The summed E-state index contributed by atoms with van der Waals surface area (Å²) in [5.41, 5.74) is 1.03. The number of nitrogens with zero attached hydrogens (tertiary/aromatic N) is 3. The van der Waals surface area contributed by atoms with Crippen LogP contribution in [0.4, 0.5) is 0 Å². The van der Waals surface area contributed by atoms with Gasteiger partial charge in [-0.3, -0.25) is 0 Å². The Morgan fingerprint density at radius 3 is 2.63 bits per heavy atom. The molecule has 0 aliphatic carbocycles. The Morgan fingerprint density at radius 1 is 1.21 bits per heavy atom. The summed E-state index contributed by atoms with van der Waals surface area (Å²) >= 11 is 0. The molecule has 0 aromatic carbocycles. The van der Waals surface area contributed by atoms with Crippen molar-refractivity contribution < 1.29 is 5.11 Å². The van der Waals surface area contributed by atoms with Crippen LogP contribution in [0.2, 0.25) is 0 Å². The molecule has 1 atom stereocenters. The highest BCUT2D eigenvalue weighted by Gasteiger charge is 2.28. The molecule has 4 nitrogen and oxygen atoms in total. The van der Waals surface area contributed by atoms with Gasteiger partial charge in [0.05, 0.1) is 18.0 Å². The topological polar surface area (TPSA) is 41.3 Å². The van der Waals surface area contributed by atoms with Crippen molar-refractivity contribution in [2.45, 2.75) is 64.1 Å². The minimum Gasteiger partial charge on any atom is -0.387 e. The molecule has 1 aromatic heterocycles. The van der Waals surface area contributed by atoms with E-state index in [-0.39, 0.29) is 6.10 Å². The summed E-state index contributed by atoms with van der Waals surface area (Å²) in [4.78, 5) is 7.17. The van der Waals surface area contributed by atoms with Crippen molar-refractivity contribution in [3.05, 3.63) is 17.7 Å². The SMILES string of the molecule is CC(C)N1CCC(c2ncc3n2CCCC3O)CC1. The van der Waals surface area contributed by atoms with Gasteiger partial charge in [0.15, 0.2) is 0 Å². The molecule has 2 aliphatic rings. The van der Waals surface area contributed by atoms with Gasteiger partial charge in [-0.25, -0.2) is 4.98 Å². The molecule has 2 aliphatic heterocycles. The lowest BCUT2D eigenvalue weighted by atomic mass is 9.94. The zero-order valence-electron chi connectivity index (χ0n) is 12.0. The van der Waals surface area contributed by atoms with E-state index in [9.17, 15) is 5.11 Å². The van der Waals surface area contributed by atoms with Gasteiger partial charge >= 0.3 is 0 Å². The third kappa shape index (κ3) is 2.43. The molecule has 19 heavy (non-hydrogen) atoms. The average Bonchev–Trinajstić information content (AvgIpc) is 2.84. The third-order valence-corrected chi connectivity index (χ3v) is 4.74. The quantitative estimate of drug-likeness (QED) is 0.890. The highest BCUT2D eigenvalue weighted by Crippen LogP contribution is 2.33. The molecule has 1 saturated heterocycles. The molecule has 1 aromatic rings. The first kappa shape index (κ1) is 13.1. The van der Waals surface area contributed by atoms with Gasteiger partial charge in [-0.05, 0) is 52.6 Å². The van der Waals surface area contributed by atoms with Crippen LogP contribution in [-0.4, -0.2) is 38.7 Å². The van der Waals surface area contributed by atoms with Crippen LogP contribution in [0.25, 0.3) is 0 Å². The molecule has 3 heterocycles. The van der Waals surface area contributed by atoms with Gasteiger partial charge in [-0.15, -0.1) is 0 Å². The number of likely N-dealkylation sites (tertiary alicyclic amines) is 1. The molecule has 0 radical (unpaired) electrons. The normalized spacial score (nSPS) is 25.8. The molecule has 0 amide bonds. The molecule has 1 fully saturated rings. The van der Waals surface area contributed by atoms with E-state index in [4.69, 9.17) is 0 Å². The summed E-state index contributed by atoms with van der Waals surface area (Å²) in [5, 5.41) is 10.0. The van der Waals surface area contributed by atoms with Gasteiger partial charge in [0.25, 0.3) is 0 Å². The van der Waals surface area contributed by atoms with Crippen LogP contribution in [-0.2, 0) is 6.54 Å². The maximum atomic E-state index is 10.0. The molecule has 4 heteroatoms. The van der Waals surface area contributed by atoms with Crippen molar-refractivity contribution in [1.29, 1.82) is 0 Å². The smallest absolute Gasteiger partial charge is 0.112 e. The summed E-state index contributed by atoms with van der Waals surface area (Å²) in [7, 11) is 0. The molecule has 1 unspecified atom stereocenters. The maximum Gasteiger partial charge on any atom is 0.112 e. The molecule has 0 saturated carbocycles. The lowest BCUT2D eigenvalue weighted by Gasteiger charge is -2.35. The van der Waals surface area contributed by atoms with Crippen LogP contribution in [0, 0.1) is 0 Å². The monoisotopic (exact) mass is 263 g/mol. The first-order valence-electron chi connectivity index (χ1n) is 7.64. The molecule has 106 valence electrons. The van der Waals surface area contributed by atoms with Gasteiger partial charge in [-0.1, -0.05) is 0 Å². The third-order valence-electron chi connectivity index (χ3n) is 4.74. The van der Waals surface area contributed by atoms with Crippen LogP contribution in [0.5, 0.6) is 0 Å². The van der Waals surface area contributed by atoms with Gasteiger partial charge in [0.2, 0.25) is 0 Å². The summed E-state index contributed by atoms with van der Waals surface area (Å²) in [6.45, 7) is 7.93. The Morgan fingerprint density at radius 2 is 1.95 bits per heavy atom. The molecule has 0 spiro atoms. The van der Waals surface area contributed by atoms with Crippen molar-refractivity contribution in [3.63, 3.8) is 0 Å². The van der Waals surface area contributed by atoms with Crippen LogP contribution >= 0.6 is 0 Å². The number of hydrogen-bond acceptors (Lipinski definition) is 3. The Bertz CT molecular complexity index is 433. The zero-order valence-corrected chi connectivity index (χ0v) is 12.0. The molecular weight excluding hydrogens is 238 g/mol. The lowest BCUT2D eigenvalue weighted by Crippen LogP contribution is -2.38. The largest absolute Gasteiger partial charge is 0.387 e. The Hall–Kier alpha value is -0.870. The predicted octanol–water partition coefficient (Wildman–Crippen LogP) is 2.30. The number of aliphatic hydroxyl groups is 1. The average molecular weight is 263 g/mol. The van der Waals surface area contributed by atoms with Crippen LogP contribution in [0.3, 0.4) is 0 Å². The van der Waals surface area contributed by atoms with Crippen molar-refractivity contribution >= 4 is 0 Å². The van der Waals surface area contributed by atoms with Gasteiger partial charge < -0.3 is 14.6 Å². The predicted molar refractivity (Wildman–Crippen MR) is 75.1 cm³/mol. The fraction of sp³-hybridized carbons (Fsp3) is 0.800. The molecule has 1 N–H and O–H groups in total. The minimum absolute atomic E-state index is 0.300. The lowest BCUT2D eigenvalue weighted by molar-refractivity contribution is 0.135. The number of aliphatic hydroxyl groups excluding tert-OH is 1. The van der Waals surface area contributed by atoms with E-state index in [1.807, 2.05) is 6.20 Å². The fourth-order valence-corrected chi connectivity index (χ4v) is 3.50. The van der Waals surface area contributed by atoms with Gasteiger partial charge in [-0.2, -0.15) is 0 Å². The van der Waals surface area contributed by atoms with Gasteiger partial charge in [0.1, 0.15) is 5.82 Å². The van der Waals surface area contributed by atoms with Crippen molar-refractivity contribution in [3.8, 4) is 0 Å². The Balaban J connectivity index is 1.74. The summed E-state index contributed by atoms with van der Waals surface area (Å²) in [6, 6.07) is 0.650.